The van der Waals surface area contributed by atoms with E-state index in [-0.39, 0.29) is 5.56 Å². The number of hydrogen-bond donors (Lipinski definition) is 0. The zero-order valence-corrected chi connectivity index (χ0v) is 14.4. The van der Waals surface area contributed by atoms with Gasteiger partial charge >= 0.3 is 0 Å². The van der Waals surface area contributed by atoms with E-state index < -0.39 is 0 Å². The summed E-state index contributed by atoms with van der Waals surface area (Å²) in [5.41, 5.74) is 3.19. The Morgan fingerprint density at radius 1 is 0.962 bits per heavy atom. The van der Waals surface area contributed by atoms with Gasteiger partial charge in [-0.3, -0.25) is 9.78 Å². The lowest BCUT2D eigenvalue weighted by Crippen LogP contribution is -2.20. The average Bonchev–Trinajstić information content (AvgIpc) is 2.71. The monoisotopic (exact) mass is 342 g/mol. The molecule has 128 valence electrons. The highest BCUT2D eigenvalue weighted by Crippen LogP contribution is 2.22. The molecule has 0 amide bonds. The van der Waals surface area contributed by atoms with Crippen LogP contribution in [0.1, 0.15) is 5.56 Å². The van der Waals surface area contributed by atoms with Crippen molar-refractivity contribution in [2.75, 3.05) is 7.11 Å². The minimum absolute atomic E-state index is 0.00611. The van der Waals surface area contributed by atoms with Gasteiger partial charge in [-0.2, -0.15) is 0 Å². The lowest BCUT2D eigenvalue weighted by molar-refractivity contribution is 0.414. The normalized spacial score (nSPS) is 10.8. The molecule has 0 aliphatic carbocycles. The number of ether oxygens (including phenoxy) is 1. The van der Waals surface area contributed by atoms with Crippen molar-refractivity contribution in [3.8, 4) is 16.9 Å². The Hall–Kier alpha value is -3.40. The van der Waals surface area contributed by atoms with Gasteiger partial charge in [-0.15, -0.1) is 0 Å². The molecule has 0 unspecified atom stereocenters. The van der Waals surface area contributed by atoms with E-state index in [0.29, 0.717) is 11.9 Å². The number of benzene rings is 2. The van der Waals surface area contributed by atoms with Crippen molar-refractivity contribution in [1.82, 2.24) is 9.55 Å². The predicted molar refractivity (Wildman–Crippen MR) is 104 cm³/mol. The second-order valence-electron chi connectivity index (χ2n) is 6.14. The number of pyridine rings is 2. The molecule has 0 saturated heterocycles. The predicted octanol–water partition coefficient (Wildman–Crippen LogP) is 4.12. The van der Waals surface area contributed by atoms with E-state index in [4.69, 9.17) is 4.74 Å². The van der Waals surface area contributed by atoms with Crippen LogP contribution < -0.4 is 10.3 Å². The van der Waals surface area contributed by atoms with Gasteiger partial charge in [0.2, 0.25) is 0 Å². The van der Waals surface area contributed by atoms with Crippen LogP contribution in [-0.2, 0) is 6.54 Å². The van der Waals surface area contributed by atoms with Gasteiger partial charge in [-0.1, -0.05) is 18.2 Å². The molecule has 4 rings (SSSR count). The van der Waals surface area contributed by atoms with Crippen LogP contribution in [0.3, 0.4) is 0 Å². The third-order valence-electron chi connectivity index (χ3n) is 4.48. The summed E-state index contributed by atoms with van der Waals surface area (Å²) in [5, 5.41) is 1.65. The van der Waals surface area contributed by atoms with Crippen LogP contribution in [0, 0.1) is 0 Å². The van der Waals surface area contributed by atoms with Gasteiger partial charge in [0.1, 0.15) is 5.75 Å². The number of hydrogen-bond acceptors (Lipinski definition) is 3. The van der Waals surface area contributed by atoms with Crippen molar-refractivity contribution >= 4 is 10.8 Å². The molecular weight excluding hydrogens is 324 g/mol. The van der Waals surface area contributed by atoms with E-state index in [2.05, 4.69) is 4.98 Å². The maximum Gasteiger partial charge on any atom is 0.258 e. The standard InChI is InChI=1S/C22H18N2O2/c1-26-20-4-2-3-16(13-20)15-24-12-9-19-14-18(5-6-21(19)22(24)25)17-7-10-23-11-8-17/h2-14H,15H2,1H3. The lowest BCUT2D eigenvalue weighted by atomic mass is 10.0. The minimum atomic E-state index is 0.00611. The Labute approximate surface area is 151 Å². The van der Waals surface area contributed by atoms with Gasteiger partial charge in [0.25, 0.3) is 5.56 Å². The fourth-order valence-corrected chi connectivity index (χ4v) is 3.10. The molecule has 0 bridgehead atoms. The zero-order chi connectivity index (χ0) is 17.9. The third kappa shape index (κ3) is 3.09. The molecule has 4 aromatic rings. The van der Waals surface area contributed by atoms with Gasteiger partial charge in [-0.05, 0) is 64.5 Å². The maximum atomic E-state index is 12.9. The molecule has 4 heteroatoms. The Balaban J connectivity index is 1.72. The number of nitrogens with zero attached hydrogens (tertiary/aromatic N) is 2. The number of rotatable bonds is 4. The quantitative estimate of drug-likeness (QED) is 0.560. The SMILES string of the molecule is COc1cccc(Cn2ccc3cc(-c4ccncc4)ccc3c2=O)c1. The van der Waals surface area contributed by atoms with E-state index in [1.54, 1.807) is 24.1 Å². The molecule has 0 saturated carbocycles. The molecule has 0 radical (unpaired) electrons. The molecule has 4 nitrogen and oxygen atoms in total. The highest BCUT2D eigenvalue weighted by molar-refractivity contribution is 5.86. The van der Waals surface area contributed by atoms with E-state index in [0.717, 1.165) is 27.8 Å². The van der Waals surface area contributed by atoms with Gasteiger partial charge in [0.15, 0.2) is 0 Å². The molecule has 0 N–H and O–H groups in total. The van der Waals surface area contributed by atoms with Crippen LogP contribution in [0.25, 0.3) is 21.9 Å². The summed E-state index contributed by atoms with van der Waals surface area (Å²) in [4.78, 5) is 16.9. The van der Waals surface area contributed by atoms with E-state index in [1.165, 1.54) is 0 Å². The molecular formula is C22H18N2O2. The molecule has 0 fully saturated rings. The van der Waals surface area contributed by atoms with Crippen molar-refractivity contribution in [3.63, 3.8) is 0 Å². The van der Waals surface area contributed by atoms with E-state index in [1.807, 2.05) is 66.9 Å². The van der Waals surface area contributed by atoms with E-state index >= 15 is 0 Å². The zero-order valence-electron chi connectivity index (χ0n) is 14.4. The van der Waals surface area contributed by atoms with Crippen LogP contribution in [0.4, 0.5) is 0 Å². The van der Waals surface area contributed by atoms with Crippen molar-refractivity contribution in [1.29, 1.82) is 0 Å². The fourth-order valence-electron chi connectivity index (χ4n) is 3.10. The van der Waals surface area contributed by atoms with Crippen molar-refractivity contribution in [3.05, 3.63) is 95.2 Å². The van der Waals surface area contributed by atoms with Crippen LogP contribution in [-0.4, -0.2) is 16.7 Å². The van der Waals surface area contributed by atoms with Gasteiger partial charge in [0.05, 0.1) is 13.7 Å². The van der Waals surface area contributed by atoms with Crippen LogP contribution in [0.5, 0.6) is 5.75 Å². The highest BCUT2D eigenvalue weighted by Gasteiger charge is 2.06. The molecule has 0 spiro atoms. The molecule has 2 heterocycles. The van der Waals surface area contributed by atoms with Crippen LogP contribution in [0.2, 0.25) is 0 Å². The maximum absolute atomic E-state index is 12.9. The number of methoxy groups -OCH3 is 1. The Bertz CT molecular complexity index is 1120. The Kier molecular flexibility index (Phi) is 4.23. The summed E-state index contributed by atoms with van der Waals surface area (Å²) >= 11 is 0. The van der Waals surface area contributed by atoms with Crippen molar-refractivity contribution in [2.45, 2.75) is 6.54 Å². The third-order valence-corrected chi connectivity index (χ3v) is 4.48. The summed E-state index contributed by atoms with van der Waals surface area (Å²) in [6.07, 6.45) is 5.39. The first-order valence-corrected chi connectivity index (χ1v) is 8.41. The highest BCUT2D eigenvalue weighted by atomic mass is 16.5. The van der Waals surface area contributed by atoms with Gasteiger partial charge in [-0.25, -0.2) is 0 Å². The number of fused-ring (bicyclic) bond motifs is 1. The molecule has 0 aliphatic rings. The smallest absolute Gasteiger partial charge is 0.258 e. The minimum Gasteiger partial charge on any atom is -0.497 e. The summed E-state index contributed by atoms with van der Waals surface area (Å²) in [6.45, 7) is 0.512. The molecule has 26 heavy (non-hydrogen) atoms. The molecule has 2 aromatic carbocycles. The first-order chi connectivity index (χ1) is 12.7. The molecule has 2 aromatic heterocycles. The first-order valence-electron chi connectivity index (χ1n) is 8.41. The number of aromatic nitrogens is 2. The van der Waals surface area contributed by atoms with Crippen LogP contribution in [0.15, 0.2) is 84.0 Å². The summed E-state index contributed by atoms with van der Waals surface area (Å²) < 4.78 is 6.98. The largest absolute Gasteiger partial charge is 0.497 e. The van der Waals surface area contributed by atoms with E-state index in [9.17, 15) is 4.79 Å². The average molecular weight is 342 g/mol. The summed E-state index contributed by atoms with van der Waals surface area (Å²) in [7, 11) is 1.64. The lowest BCUT2D eigenvalue weighted by Gasteiger charge is -2.10. The second kappa shape index (κ2) is 6.84. The summed E-state index contributed by atoms with van der Waals surface area (Å²) in [6, 6.07) is 19.6. The van der Waals surface area contributed by atoms with Gasteiger partial charge < -0.3 is 9.30 Å². The van der Waals surface area contributed by atoms with Gasteiger partial charge in [0, 0.05) is 24.0 Å². The second-order valence-corrected chi connectivity index (χ2v) is 6.14. The van der Waals surface area contributed by atoms with Crippen molar-refractivity contribution in [2.24, 2.45) is 0 Å². The molecule has 0 atom stereocenters. The Morgan fingerprint density at radius 2 is 1.81 bits per heavy atom. The molecule has 0 aliphatic heterocycles. The summed E-state index contributed by atoms with van der Waals surface area (Å²) in [5.74, 6) is 0.790. The first kappa shape index (κ1) is 16.1. The fraction of sp³-hybridized carbons (Fsp3) is 0.0909. The van der Waals surface area contributed by atoms with Crippen LogP contribution >= 0.6 is 0 Å². The Morgan fingerprint density at radius 3 is 2.62 bits per heavy atom. The topological polar surface area (TPSA) is 44.1 Å². The van der Waals surface area contributed by atoms with Crippen molar-refractivity contribution < 1.29 is 4.74 Å².